The van der Waals surface area contributed by atoms with Crippen LogP contribution in [0.2, 0.25) is 0 Å². The molecular formula is C12H7BrClF2NO. The van der Waals surface area contributed by atoms with Crippen LogP contribution in [0.3, 0.4) is 0 Å². The highest BCUT2D eigenvalue weighted by Gasteiger charge is 2.13. The van der Waals surface area contributed by atoms with E-state index < -0.39 is 17.4 Å². The zero-order valence-corrected chi connectivity index (χ0v) is 11.3. The molecule has 94 valence electrons. The largest absolute Gasteiger partial charge is 0.450 e. The molecular weight excluding hydrogens is 327 g/mol. The van der Waals surface area contributed by atoms with Gasteiger partial charge in [-0.15, -0.1) is 11.6 Å². The Morgan fingerprint density at radius 3 is 2.39 bits per heavy atom. The van der Waals surface area contributed by atoms with Crippen molar-refractivity contribution in [3.8, 4) is 11.5 Å². The molecule has 1 aromatic heterocycles. The molecule has 0 amide bonds. The van der Waals surface area contributed by atoms with E-state index in [9.17, 15) is 8.78 Å². The molecule has 0 aliphatic carbocycles. The van der Waals surface area contributed by atoms with E-state index in [4.69, 9.17) is 16.3 Å². The number of alkyl halides is 1. The fourth-order valence-corrected chi connectivity index (χ4v) is 1.85. The van der Waals surface area contributed by atoms with Gasteiger partial charge >= 0.3 is 0 Å². The topological polar surface area (TPSA) is 22.1 Å². The van der Waals surface area contributed by atoms with Gasteiger partial charge in [-0.25, -0.2) is 8.78 Å². The van der Waals surface area contributed by atoms with Crippen LogP contribution in [0.15, 0.2) is 35.1 Å². The van der Waals surface area contributed by atoms with Crippen LogP contribution in [0.25, 0.3) is 0 Å². The summed E-state index contributed by atoms with van der Waals surface area (Å²) < 4.78 is 33.0. The van der Waals surface area contributed by atoms with Gasteiger partial charge in [0.1, 0.15) is 5.75 Å². The van der Waals surface area contributed by atoms with E-state index in [1.54, 1.807) is 6.07 Å². The van der Waals surface area contributed by atoms with Crippen molar-refractivity contribution in [2.75, 3.05) is 0 Å². The molecule has 0 N–H and O–H groups in total. The molecule has 0 aliphatic rings. The van der Waals surface area contributed by atoms with Crippen LogP contribution >= 0.6 is 27.5 Å². The number of halogens is 4. The molecule has 0 saturated heterocycles. The third-order valence-corrected chi connectivity index (χ3v) is 2.85. The number of hydrogen-bond donors (Lipinski definition) is 0. The zero-order chi connectivity index (χ0) is 13.1. The molecule has 2 rings (SSSR count). The number of benzene rings is 1. The standard InChI is InChI=1S/C12H7BrClF2NO/c13-8-3-9(6-17-5-8)18-12-10(15)1-7(4-14)2-11(12)16/h1-3,5-6H,4H2. The highest BCUT2D eigenvalue weighted by atomic mass is 79.9. The first-order valence-corrected chi connectivity index (χ1v) is 6.25. The van der Waals surface area contributed by atoms with Crippen molar-refractivity contribution in [1.29, 1.82) is 0 Å². The lowest BCUT2D eigenvalue weighted by Gasteiger charge is -2.08. The highest BCUT2D eigenvalue weighted by Crippen LogP contribution is 2.29. The molecule has 1 heterocycles. The predicted octanol–water partition coefficient (Wildman–Crippen LogP) is 4.65. The average molecular weight is 335 g/mol. The first-order chi connectivity index (χ1) is 8.60. The summed E-state index contributed by atoms with van der Waals surface area (Å²) >= 11 is 8.70. The van der Waals surface area contributed by atoms with Gasteiger partial charge in [-0.2, -0.15) is 0 Å². The normalized spacial score (nSPS) is 10.4. The Hall–Kier alpha value is -1.20. The maximum atomic E-state index is 13.6. The summed E-state index contributed by atoms with van der Waals surface area (Å²) in [4.78, 5) is 3.84. The summed E-state index contributed by atoms with van der Waals surface area (Å²) in [6, 6.07) is 3.83. The molecule has 0 fully saturated rings. The maximum absolute atomic E-state index is 13.6. The van der Waals surface area contributed by atoms with Gasteiger partial charge in [0.15, 0.2) is 17.4 Å². The smallest absolute Gasteiger partial charge is 0.198 e. The van der Waals surface area contributed by atoms with Gasteiger partial charge in [-0.3, -0.25) is 4.98 Å². The highest BCUT2D eigenvalue weighted by molar-refractivity contribution is 9.10. The van der Waals surface area contributed by atoms with Crippen molar-refractivity contribution in [3.05, 3.63) is 52.3 Å². The van der Waals surface area contributed by atoms with E-state index in [0.29, 0.717) is 10.0 Å². The molecule has 2 nitrogen and oxygen atoms in total. The van der Waals surface area contributed by atoms with Gasteiger partial charge in [0.25, 0.3) is 0 Å². The van der Waals surface area contributed by atoms with Crippen molar-refractivity contribution in [1.82, 2.24) is 4.98 Å². The van der Waals surface area contributed by atoms with Crippen LogP contribution in [0, 0.1) is 11.6 Å². The number of hydrogen-bond acceptors (Lipinski definition) is 2. The third-order valence-electron chi connectivity index (χ3n) is 2.11. The van der Waals surface area contributed by atoms with Crippen LogP contribution in [-0.4, -0.2) is 4.98 Å². The summed E-state index contributed by atoms with van der Waals surface area (Å²) in [6.45, 7) is 0. The van der Waals surface area contributed by atoms with Gasteiger partial charge in [0.05, 0.1) is 6.20 Å². The van der Waals surface area contributed by atoms with Crippen molar-refractivity contribution < 1.29 is 13.5 Å². The second-order valence-electron chi connectivity index (χ2n) is 3.46. The lowest BCUT2D eigenvalue weighted by atomic mass is 10.2. The average Bonchev–Trinajstić information content (AvgIpc) is 2.33. The first-order valence-electron chi connectivity index (χ1n) is 4.92. The van der Waals surface area contributed by atoms with E-state index in [1.807, 2.05) is 0 Å². The summed E-state index contributed by atoms with van der Waals surface area (Å²) in [7, 11) is 0. The number of aromatic nitrogens is 1. The molecule has 18 heavy (non-hydrogen) atoms. The van der Waals surface area contributed by atoms with Crippen LogP contribution < -0.4 is 4.74 Å². The van der Waals surface area contributed by atoms with Crippen molar-refractivity contribution in [3.63, 3.8) is 0 Å². The Kier molecular flexibility index (Phi) is 4.14. The van der Waals surface area contributed by atoms with Crippen LogP contribution in [0.5, 0.6) is 11.5 Å². The fraction of sp³-hybridized carbons (Fsp3) is 0.0833. The lowest BCUT2D eigenvalue weighted by molar-refractivity contribution is 0.405. The minimum absolute atomic E-state index is 0.0343. The van der Waals surface area contributed by atoms with Gasteiger partial charge in [0, 0.05) is 16.5 Å². The summed E-state index contributed by atoms with van der Waals surface area (Å²) in [5.74, 6) is -1.80. The second kappa shape index (κ2) is 5.63. The summed E-state index contributed by atoms with van der Waals surface area (Å²) in [6.07, 6.45) is 2.90. The van der Waals surface area contributed by atoms with Gasteiger partial charge in [-0.1, -0.05) is 0 Å². The Bertz CT molecular complexity index is 557. The SMILES string of the molecule is Fc1cc(CCl)cc(F)c1Oc1cncc(Br)c1. The Morgan fingerprint density at radius 2 is 1.83 bits per heavy atom. The van der Waals surface area contributed by atoms with Crippen LogP contribution in [-0.2, 0) is 5.88 Å². The van der Waals surface area contributed by atoms with Gasteiger partial charge in [-0.05, 0) is 39.7 Å². The quantitative estimate of drug-likeness (QED) is 0.762. The fourth-order valence-electron chi connectivity index (χ4n) is 1.35. The second-order valence-corrected chi connectivity index (χ2v) is 4.65. The third kappa shape index (κ3) is 2.97. The van der Waals surface area contributed by atoms with Gasteiger partial charge < -0.3 is 4.74 Å². The summed E-state index contributed by atoms with van der Waals surface area (Å²) in [5.41, 5.74) is 0.353. The molecule has 0 aliphatic heterocycles. The minimum atomic E-state index is -0.800. The predicted molar refractivity (Wildman–Crippen MR) is 67.9 cm³/mol. The molecule has 0 atom stereocenters. The first kappa shape index (κ1) is 13.2. The molecule has 0 saturated carbocycles. The Morgan fingerprint density at radius 1 is 1.17 bits per heavy atom. The van der Waals surface area contributed by atoms with Crippen LogP contribution in [0.1, 0.15) is 5.56 Å². The zero-order valence-electron chi connectivity index (χ0n) is 8.96. The molecule has 2 aromatic rings. The van der Waals surface area contributed by atoms with Gasteiger partial charge in [0.2, 0.25) is 0 Å². The monoisotopic (exact) mass is 333 g/mol. The summed E-state index contributed by atoms with van der Waals surface area (Å²) in [5, 5.41) is 0. The van der Waals surface area contributed by atoms with Crippen molar-refractivity contribution in [2.24, 2.45) is 0 Å². The molecule has 1 aromatic carbocycles. The van der Waals surface area contributed by atoms with E-state index in [-0.39, 0.29) is 11.6 Å². The van der Waals surface area contributed by atoms with E-state index in [2.05, 4.69) is 20.9 Å². The van der Waals surface area contributed by atoms with Crippen molar-refractivity contribution >= 4 is 27.5 Å². The molecule has 0 bridgehead atoms. The van der Waals surface area contributed by atoms with E-state index >= 15 is 0 Å². The maximum Gasteiger partial charge on any atom is 0.198 e. The Labute approximate surface area is 116 Å². The number of ether oxygens (including phenoxy) is 1. The minimum Gasteiger partial charge on any atom is -0.450 e. The Balaban J connectivity index is 2.35. The van der Waals surface area contributed by atoms with Crippen molar-refractivity contribution in [2.45, 2.75) is 5.88 Å². The number of nitrogens with zero attached hydrogens (tertiary/aromatic N) is 1. The molecule has 0 radical (unpaired) electrons. The van der Waals surface area contributed by atoms with Crippen LogP contribution in [0.4, 0.5) is 8.78 Å². The molecule has 0 unspecified atom stereocenters. The number of rotatable bonds is 3. The van der Waals surface area contributed by atoms with E-state index in [1.165, 1.54) is 12.4 Å². The molecule has 0 spiro atoms. The molecule has 6 heteroatoms. The number of pyridine rings is 1. The van der Waals surface area contributed by atoms with E-state index in [0.717, 1.165) is 12.1 Å². The lowest BCUT2D eigenvalue weighted by Crippen LogP contribution is -1.95.